The van der Waals surface area contributed by atoms with Gasteiger partial charge in [-0.1, -0.05) is 25.1 Å². The maximum absolute atomic E-state index is 11.6. The first-order valence-corrected chi connectivity index (χ1v) is 6.62. The highest BCUT2D eigenvalue weighted by atomic mass is 16.5. The largest absolute Gasteiger partial charge is 0.493 e. The molecule has 1 amide bonds. The number of aliphatic hydroxyl groups is 1. The standard InChI is InChI=1S/C15H19NO5/c1-2-9-21-13-6-4-3-5-11(13)7-8-14(18)16-12(10-17)15(19)20/h3-8,12,17H,2,9-10H2,1H3,(H,16,18)(H,19,20)/b8-7+. The lowest BCUT2D eigenvalue weighted by atomic mass is 10.2. The quantitative estimate of drug-likeness (QED) is 0.623. The monoisotopic (exact) mass is 293 g/mol. The van der Waals surface area contributed by atoms with Gasteiger partial charge in [0.25, 0.3) is 0 Å². The second-order valence-corrected chi connectivity index (χ2v) is 4.30. The number of benzene rings is 1. The van der Waals surface area contributed by atoms with E-state index in [0.717, 1.165) is 12.0 Å². The summed E-state index contributed by atoms with van der Waals surface area (Å²) in [6, 6.07) is 5.91. The third-order valence-electron chi connectivity index (χ3n) is 2.59. The molecule has 6 nitrogen and oxygen atoms in total. The number of hydrogen-bond donors (Lipinski definition) is 3. The maximum Gasteiger partial charge on any atom is 0.328 e. The average Bonchev–Trinajstić information content (AvgIpc) is 2.48. The van der Waals surface area contributed by atoms with Gasteiger partial charge in [0, 0.05) is 11.6 Å². The Morgan fingerprint density at radius 2 is 2.10 bits per heavy atom. The molecule has 0 aromatic heterocycles. The molecule has 0 aliphatic rings. The molecular weight excluding hydrogens is 274 g/mol. The van der Waals surface area contributed by atoms with Crippen molar-refractivity contribution in [1.82, 2.24) is 5.32 Å². The second kappa shape index (κ2) is 8.76. The minimum Gasteiger partial charge on any atom is -0.493 e. The molecule has 0 aliphatic heterocycles. The second-order valence-electron chi connectivity index (χ2n) is 4.30. The first kappa shape index (κ1) is 16.7. The van der Waals surface area contributed by atoms with Gasteiger partial charge < -0.3 is 20.3 Å². The zero-order valence-corrected chi connectivity index (χ0v) is 11.8. The lowest BCUT2D eigenvalue weighted by Gasteiger charge is -2.10. The summed E-state index contributed by atoms with van der Waals surface area (Å²) in [6.07, 6.45) is 3.62. The number of rotatable bonds is 8. The minimum absolute atomic E-state index is 0.572. The predicted octanol–water partition coefficient (Wildman–Crippen LogP) is 1.05. The van der Waals surface area contributed by atoms with Crippen LogP contribution in [-0.4, -0.2) is 41.3 Å². The number of carbonyl (C=O) groups excluding carboxylic acids is 1. The highest BCUT2D eigenvalue weighted by Crippen LogP contribution is 2.19. The van der Waals surface area contributed by atoms with Crippen LogP contribution in [0.5, 0.6) is 5.75 Å². The molecule has 0 saturated carbocycles. The summed E-state index contributed by atoms with van der Waals surface area (Å²) >= 11 is 0. The lowest BCUT2D eigenvalue weighted by Crippen LogP contribution is -2.42. The normalized spacial score (nSPS) is 12.1. The van der Waals surface area contributed by atoms with Crippen LogP contribution in [0.25, 0.3) is 6.08 Å². The summed E-state index contributed by atoms with van der Waals surface area (Å²) in [5, 5.41) is 19.7. The third kappa shape index (κ3) is 5.66. The Kier molecular flexibility index (Phi) is 6.97. The number of aliphatic hydroxyl groups excluding tert-OH is 1. The molecule has 0 spiro atoms. The topological polar surface area (TPSA) is 95.9 Å². The molecule has 3 N–H and O–H groups in total. The fraction of sp³-hybridized carbons (Fsp3) is 0.333. The predicted molar refractivity (Wildman–Crippen MR) is 77.9 cm³/mol. The molecule has 21 heavy (non-hydrogen) atoms. The Hall–Kier alpha value is -2.34. The Morgan fingerprint density at radius 1 is 1.38 bits per heavy atom. The van der Waals surface area contributed by atoms with E-state index >= 15 is 0 Å². The molecular formula is C15H19NO5. The molecule has 1 unspecified atom stereocenters. The number of aliphatic carboxylic acids is 1. The number of ether oxygens (including phenoxy) is 1. The summed E-state index contributed by atoms with van der Waals surface area (Å²) in [4.78, 5) is 22.3. The van der Waals surface area contributed by atoms with E-state index in [1.807, 2.05) is 19.1 Å². The maximum atomic E-state index is 11.6. The number of carboxylic acid groups (broad SMARTS) is 1. The van der Waals surface area contributed by atoms with Crippen LogP contribution < -0.4 is 10.1 Å². The fourth-order valence-electron chi connectivity index (χ4n) is 1.53. The van der Waals surface area contributed by atoms with Crippen LogP contribution in [0, 0.1) is 0 Å². The van der Waals surface area contributed by atoms with E-state index in [4.69, 9.17) is 14.9 Å². The average molecular weight is 293 g/mol. The minimum atomic E-state index is -1.31. The fourth-order valence-corrected chi connectivity index (χ4v) is 1.53. The molecule has 0 aliphatic carbocycles. The van der Waals surface area contributed by atoms with E-state index < -0.39 is 24.5 Å². The van der Waals surface area contributed by atoms with E-state index in [1.54, 1.807) is 12.1 Å². The van der Waals surface area contributed by atoms with Gasteiger partial charge in [0.05, 0.1) is 13.2 Å². The summed E-state index contributed by atoms with van der Waals surface area (Å²) in [6.45, 7) is 1.90. The molecule has 0 bridgehead atoms. The SMILES string of the molecule is CCCOc1ccccc1/C=C/C(=O)NC(CO)C(=O)O. The van der Waals surface area contributed by atoms with Crippen molar-refractivity contribution >= 4 is 18.0 Å². The van der Waals surface area contributed by atoms with Crippen molar-refractivity contribution < 1.29 is 24.5 Å². The van der Waals surface area contributed by atoms with Crippen LogP contribution in [0.15, 0.2) is 30.3 Å². The summed E-state index contributed by atoms with van der Waals surface area (Å²) in [7, 11) is 0. The van der Waals surface area contributed by atoms with Gasteiger partial charge in [0.2, 0.25) is 5.91 Å². The van der Waals surface area contributed by atoms with Gasteiger partial charge in [0.15, 0.2) is 6.04 Å². The van der Waals surface area contributed by atoms with Gasteiger partial charge in [-0.2, -0.15) is 0 Å². The van der Waals surface area contributed by atoms with E-state index in [0.29, 0.717) is 12.4 Å². The van der Waals surface area contributed by atoms with Crippen molar-refractivity contribution in [2.24, 2.45) is 0 Å². The van der Waals surface area contributed by atoms with Crippen LogP contribution in [0.1, 0.15) is 18.9 Å². The Balaban J connectivity index is 2.71. The van der Waals surface area contributed by atoms with Crippen molar-refractivity contribution in [2.45, 2.75) is 19.4 Å². The Morgan fingerprint density at radius 3 is 2.71 bits per heavy atom. The van der Waals surface area contributed by atoms with Gasteiger partial charge in [-0.3, -0.25) is 4.79 Å². The highest BCUT2D eigenvalue weighted by Gasteiger charge is 2.17. The molecule has 114 valence electrons. The van der Waals surface area contributed by atoms with E-state index in [2.05, 4.69) is 5.32 Å². The number of nitrogens with one attached hydrogen (secondary N) is 1. The Labute approximate surface area is 123 Å². The number of amides is 1. The number of para-hydroxylation sites is 1. The zero-order valence-electron chi connectivity index (χ0n) is 11.8. The number of carboxylic acids is 1. The van der Waals surface area contributed by atoms with Crippen LogP contribution in [0.4, 0.5) is 0 Å². The van der Waals surface area contributed by atoms with E-state index in [9.17, 15) is 9.59 Å². The number of hydrogen-bond acceptors (Lipinski definition) is 4. The zero-order chi connectivity index (χ0) is 15.7. The summed E-state index contributed by atoms with van der Waals surface area (Å²) < 4.78 is 5.54. The van der Waals surface area contributed by atoms with E-state index in [1.165, 1.54) is 12.2 Å². The molecule has 6 heteroatoms. The van der Waals surface area contributed by atoms with Gasteiger partial charge >= 0.3 is 5.97 Å². The Bertz CT molecular complexity index is 513. The van der Waals surface area contributed by atoms with Crippen LogP contribution in [0.2, 0.25) is 0 Å². The molecule has 0 heterocycles. The van der Waals surface area contributed by atoms with Gasteiger partial charge in [-0.25, -0.2) is 4.79 Å². The van der Waals surface area contributed by atoms with Crippen molar-refractivity contribution in [1.29, 1.82) is 0 Å². The van der Waals surface area contributed by atoms with Crippen molar-refractivity contribution in [3.05, 3.63) is 35.9 Å². The molecule has 0 saturated heterocycles. The van der Waals surface area contributed by atoms with Crippen molar-refractivity contribution in [2.75, 3.05) is 13.2 Å². The van der Waals surface area contributed by atoms with E-state index in [-0.39, 0.29) is 0 Å². The highest BCUT2D eigenvalue weighted by molar-refractivity contribution is 5.94. The van der Waals surface area contributed by atoms with Crippen LogP contribution >= 0.6 is 0 Å². The van der Waals surface area contributed by atoms with Gasteiger partial charge in [-0.05, 0) is 18.6 Å². The van der Waals surface area contributed by atoms with Crippen molar-refractivity contribution in [3.63, 3.8) is 0 Å². The summed E-state index contributed by atoms with van der Waals surface area (Å²) in [5.74, 6) is -1.23. The van der Waals surface area contributed by atoms with Crippen LogP contribution in [0.3, 0.4) is 0 Å². The molecule has 1 atom stereocenters. The molecule has 0 radical (unpaired) electrons. The first-order valence-electron chi connectivity index (χ1n) is 6.62. The smallest absolute Gasteiger partial charge is 0.328 e. The number of carbonyl (C=O) groups is 2. The van der Waals surface area contributed by atoms with Gasteiger partial charge in [0.1, 0.15) is 5.75 Å². The van der Waals surface area contributed by atoms with Crippen molar-refractivity contribution in [3.8, 4) is 5.75 Å². The lowest BCUT2D eigenvalue weighted by molar-refractivity contribution is -0.142. The van der Waals surface area contributed by atoms with Gasteiger partial charge in [-0.15, -0.1) is 0 Å². The molecule has 0 fully saturated rings. The molecule has 1 aromatic carbocycles. The third-order valence-corrected chi connectivity index (χ3v) is 2.59. The van der Waals surface area contributed by atoms with Crippen LogP contribution in [-0.2, 0) is 9.59 Å². The summed E-state index contributed by atoms with van der Waals surface area (Å²) in [5.41, 5.74) is 0.719. The molecule has 1 aromatic rings. The molecule has 1 rings (SSSR count). The first-order chi connectivity index (χ1) is 10.1.